The van der Waals surface area contributed by atoms with Crippen LogP contribution in [0.3, 0.4) is 0 Å². The van der Waals surface area contributed by atoms with Crippen molar-refractivity contribution in [1.29, 1.82) is 0 Å². The number of rotatable bonds is 4. The van der Waals surface area contributed by atoms with E-state index >= 15 is 0 Å². The van der Waals surface area contributed by atoms with Crippen molar-refractivity contribution in [2.75, 3.05) is 12.0 Å². The predicted octanol–water partition coefficient (Wildman–Crippen LogP) is 4.08. The molecule has 0 bridgehead atoms. The number of aryl methyl sites for hydroxylation is 3. The van der Waals surface area contributed by atoms with Crippen LogP contribution in [0.15, 0.2) is 36.4 Å². The zero-order chi connectivity index (χ0) is 16.1. The normalized spacial score (nSPS) is 10.2. The number of urea groups is 1. The van der Waals surface area contributed by atoms with E-state index in [1.807, 2.05) is 64.1 Å². The van der Waals surface area contributed by atoms with Crippen molar-refractivity contribution in [3.05, 3.63) is 58.7 Å². The molecule has 2 rings (SSSR count). The first-order chi connectivity index (χ1) is 10.5. The van der Waals surface area contributed by atoms with Crippen LogP contribution in [-0.4, -0.2) is 12.8 Å². The quantitative estimate of drug-likeness (QED) is 0.836. The smallest absolute Gasteiger partial charge is 0.321 e. The van der Waals surface area contributed by atoms with Crippen molar-refractivity contribution in [3.63, 3.8) is 0 Å². The summed E-state index contributed by atoms with van der Waals surface area (Å²) < 4.78 is 5.60. The van der Waals surface area contributed by atoms with E-state index in [1.165, 1.54) is 5.56 Å². The van der Waals surface area contributed by atoms with Gasteiger partial charge in [0.1, 0.15) is 5.75 Å². The zero-order valence-electron chi connectivity index (χ0n) is 13.5. The highest BCUT2D eigenvalue weighted by Gasteiger charge is 2.05. The summed E-state index contributed by atoms with van der Waals surface area (Å²) in [5, 5.41) is 5.52. The Hall–Kier alpha value is -2.49. The Morgan fingerprint density at radius 2 is 1.82 bits per heavy atom. The lowest BCUT2D eigenvalue weighted by Gasteiger charge is -2.13. The summed E-state index contributed by atoms with van der Waals surface area (Å²) in [6, 6.07) is 11.5. The van der Waals surface area contributed by atoms with Gasteiger partial charge in [0.05, 0.1) is 0 Å². The van der Waals surface area contributed by atoms with Gasteiger partial charge in [0.2, 0.25) is 0 Å². The minimum Gasteiger partial charge on any atom is -0.473 e. The topological polar surface area (TPSA) is 50.4 Å². The third-order valence-electron chi connectivity index (χ3n) is 3.65. The van der Waals surface area contributed by atoms with Crippen molar-refractivity contribution in [2.24, 2.45) is 0 Å². The molecule has 0 saturated heterocycles. The third kappa shape index (κ3) is 4.01. The Morgan fingerprint density at radius 1 is 1.05 bits per heavy atom. The number of benzene rings is 2. The van der Waals surface area contributed by atoms with Crippen molar-refractivity contribution in [3.8, 4) is 5.75 Å². The Balaban J connectivity index is 1.87. The van der Waals surface area contributed by atoms with E-state index in [2.05, 4.69) is 10.6 Å². The molecule has 0 aromatic heterocycles. The van der Waals surface area contributed by atoms with Crippen LogP contribution >= 0.6 is 0 Å². The van der Waals surface area contributed by atoms with E-state index in [4.69, 9.17) is 4.74 Å². The van der Waals surface area contributed by atoms with Crippen molar-refractivity contribution >= 4 is 11.7 Å². The molecular formula is C18H22N2O2. The largest absolute Gasteiger partial charge is 0.473 e. The summed E-state index contributed by atoms with van der Waals surface area (Å²) in [6.07, 6.45) is 0. The van der Waals surface area contributed by atoms with Gasteiger partial charge in [-0.1, -0.05) is 29.8 Å². The maximum Gasteiger partial charge on any atom is 0.321 e. The van der Waals surface area contributed by atoms with E-state index in [0.717, 1.165) is 28.1 Å². The maximum absolute atomic E-state index is 11.9. The third-order valence-corrected chi connectivity index (χ3v) is 3.65. The molecule has 0 fully saturated rings. The zero-order valence-corrected chi connectivity index (χ0v) is 13.5. The number of hydrogen-bond acceptors (Lipinski definition) is 2. The molecule has 0 heterocycles. The monoisotopic (exact) mass is 298 g/mol. The summed E-state index contributed by atoms with van der Waals surface area (Å²) in [4.78, 5) is 11.9. The molecule has 2 N–H and O–H groups in total. The Kier molecular flexibility index (Phi) is 5.04. The predicted molar refractivity (Wildman–Crippen MR) is 89.5 cm³/mol. The van der Waals surface area contributed by atoms with Gasteiger partial charge in [0, 0.05) is 5.69 Å². The first-order valence-electron chi connectivity index (χ1n) is 7.28. The molecule has 4 nitrogen and oxygen atoms in total. The summed E-state index contributed by atoms with van der Waals surface area (Å²) in [6.45, 7) is 8.15. The molecule has 0 atom stereocenters. The lowest BCUT2D eigenvalue weighted by Crippen LogP contribution is -2.32. The van der Waals surface area contributed by atoms with E-state index in [9.17, 15) is 4.79 Å². The highest BCUT2D eigenvalue weighted by atomic mass is 16.5. The van der Waals surface area contributed by atoms with Gasteiger partial charge >= 0.3 is 6.03 Å². The highest BCUT2D eigenvalue weighted by Crippen LogP contribution is 2.20. The van der Waals surface area contributed by atoms with Gasteiger partial charge in [0.25, 0.3) is 0 Å². The number of anilines is 1. The van der Waals surface area contributed by atoms with Gasteiger partial charge in [-0.15, -0.1) is 0 Å². The van der Waals surface area contributed by atoms with E-state index in [1.54, 1.807) is 0 Å². The number of ether oxygens (including phenoxy) is 1. The fourth-order valence-electron chi connectivity index (χ4n) is 2.18. The molecule has 2 aromatic carbocycles. The molecule has 4 heteroatoms. The lowest BCUT2D eigenvalue weighted by atomic mass is 10.1. The van der Waals surface area contributed by atoms with E-state index in [0.29, 0.717) is 0 Å². The first-order valence-corrected chi connectivity index (χ1v) is 7.28. The van der Waals surface area contributed by atoms with Gasteiger partial charge in [-0.2, -0.15) is 0 Å². The standard InChI is InChI=1S/C18H22N2O2/c1-12-8-9-16(14(3)10-12)20-18(21)19-11-22-17-7-5-6-13(2)15(17)4/h5-10H,11H2,1-4H3,(H2,19,20,21). The molecule has 2 amide bonds. The fourth-order valence-corrected chi connectivity index (χ4v) is 2.18. The number of hydrogen-bond donors (Lipinski definition) is 2. The summed E-state index contributed by atoms with van der Waals surface area (Å²) in [5.41, 5.74) is 5.25. The number of carbonyl (C=O) groups is 1. The molecule has 0 spiro atoms. The summed E-state index contributed by atoms with van der Waals surface area (Å²) in [5.74, 6) is 0.784. The van der Waals surface area contributed by atoms with Crippen LogP contribution < -0.4 is 15.4 Å². The highest BCUT2D eigenvalue weighted by molar-refractivity contribution is 5.90. The molecule has 0 aliphatic rings. The molecule has 0 radical (unpaired) electrons. The average Bonchev–Trinajstić information content (AvgIpc) is 2.46. The van der Waals surface area contributed by atoms with Crippen molar-refractivity contribution in [2.45, 2.75) is 27.7 Å². The molecule has 0 unspecified atom stereocenters. The Bertz CT molecular complexity index is 681. The van der Waals surface area contributed by atoms with Crippen molar-refractivity contribution in [1.82, 2.24) is 5.32 Å². The van der Waals surface area contributed by atoms with Gasteiger partial charge in [-0.3, -0.25) is 0 Å². The van der Waals surface area contributed by atoms with Crippen LogP contribution in [0.25, 0.3) is 0 Å². The molecule has 2 aromatic rings. The molecule has 0 aliphatic carbocycles. The first kappa shape index (κ1) is 15.9. The number of amides is 2. The summed E-state index contributed by atoms with van der Waals surface area (Å²) >= 11 is 0. The van der Waals surface area contributed by atoms with E-state index in [-0.39, 0.29) is 12.8 Å². The molecule has 22 heavy (non-hydrogen) atoms. The average molecular weight is 298 g/mol. The van der Waals surface area contributed by atoms with Crippen LogP contribution in [0.5, 0.6) is 5.75 Å². The number of nitrogens with one attached hydrogen (secondary N) is 2. The SMILES string of the molecule is Cc1ccc(NC(=O)NCOc2cccc(C)c2C)c(C)c1. The molecule has 0 saturated carbocycles. The Labute approximate surface area is 131 Å². The molecular weight excluding hydrogens is 276 g/mol. The molecule has 0 aliphatic heterocycles. The maximum atomic E-state index is 11.9. The van der Waals surface area contributed by atoms with Gasteiger partial charge in [0.15, 0.2) is 6.73 Å². The number of carbonyl (C=O) groups excluding carboxylic acids is 1. The van der Waals surface area contributed by atoms with Crippen LogP contribution in [0.2, 0.25) is 0 Å². The van der Waals surface area contributed by atoms with Crippen LogP contribution in [0.4, 0.5) is 10.5 Å². The lowest BCUT2D eigenvalue weighted by molar-refractivity contribution is 0.234. The second kappa shape index (κ2) is 6.98. The van der Waals surface area contributed by atoms with Gasteiger partial charge in [-0.05, 0) is 56.5 Å². The van der Waals surface area contributed by atoms with Gasteiger partial charge in [-0.25, -0.2) is 4.79 Å². The van der Waals surface area contributed by atoms with Crippen LogP contribution in [0, 0.1) is 27.7 Å². The Morgan fingerprint density at radius 3 is 2.55 bits per heavy atom. The second-order valence-corrected chi connectivity index (χ2v) is 5.44. The van der Waals surface area contributed by atoms with Crippen molar-refractivity contribution < 1.29 is 9.53 Å². The summed E-state index contributed by atoms with van der Waals surface area (Å²) in [7, 11) is 0. The van der Waals surface area contributed by atoms with Crippen LogP contribution in [-0.2, 0) is 0 Å². The fraction of sp³-hybridized carbons (Fsp3) is 0.278. The van der Waals surface area contributed by atoms with Crippen LogP contribution in [0.1, 0.15) is 22.3 Å². The van der Waals surface area contributed by atoms with Gasteiger partial charge < -0.3 is 15.4 Å². The molecule has 116 valence electrons. The minimum absolute atomic E-state index is 0.126. The van der Waals surface area contributed by atoms with E-state index < -0.39 is 0 Å². The second-order valence-electron chi connectivity index (χ2n) is 5.44. The minimum atomic E-state index is -0.280.